The summed E-state index contributed by atoms with van der Waals surface area (Å²) in [4.78, 5) is 37.6. The molecule has 0 bridgehead atoms. The van der Waals surface area contributed by atoms with Crippen LogP contribution in [0.1, 0.15) is 39.0 Å². The Labute approximate surface area is 188 Å². The highest BCUT2D eigenvalue weighted by Gasteiger charge is 2.21. The van der Waals surface area contributed by atoms with Gasteiger partial charge in [-0.15, -0.1) is 0 Å². The first kappa shape index (κ1) is 25.4. The first-order valence-electron chi connectivity index (χ1n) is 11.0. The summed E-state index contributed by atoms with van der Waals surface area (Å²) in [5.74, 6) is -1.09. The minimum absolute atomic E-state index is 0.0420. The van der Waals surface area contributed by atoms with Crippen molar-refractivity contribution in [1.82, 2.24) is 15.5 Å². The zero-order valence-corrected chi connectivity index (χ0v) is 18.5. The maximum Gasteiger partial charge on any atom is 0.303 e. The van der Waals surface area contributed by atoms with Crippen molar-refractivity contribution in [3.05, 3.63) is 24.3 Å². The quantitative estimate of drug-likeness (QED) is 0.207. The molecule has 1 aliphatic heterocycles. The maximum atomic E-state index is 12.7. The number of hydrogen-bond acceptors (Lipinski definition) is 7. The summed E-state index contributed by atoms with van der Waals surface area (Å²) in [6, 6.07) is 6.81. The van der Waals surface area contributed by atoms with Gasteiger partial charge in [-0.05, 0) is 63.5 Å². The van der Waals surface area contributed by atoms with Crippen LogP contribution < -0.4 is 20.7 Å². The van der Waals surface area contributed by atoms with E-state index in [1.165, 1.54) is 19.8 Å². The number of ether oxygens (including phenoxy) is 1. The molecule has 0 saturated carbocycles. The fraction of sp³-hybridized carbons (Fsp3) is 0.591. The van der Waals surface area contributed by atoms with Crippen molar-refractivity contribution in [3.63, 3.8) is 0 Å². The number of carboxylic acid groups (broad SMARTS) is 1. The second-order valence-corrected chi connectivity index (χ2v) is 7.91. The summed E-state index contributed by atoms with van der Waals surface area (Å²) in [5.41, 5.74) is 0.597. The second kappa shape index (κ2) is 13.5. The summed E-state index contributed by atoms with van der Waals surface area (Å²) in [7, 11) is 0. The SMILES string of the molecule is CC(O)CC(=O)NC(Nc1ccc(OCCCC(=O)O)cc1)C(=O)NCCN1CCCC1. The molecule has 1 aromatic carbocycles. The molecule has 0 aliphatic carbocycles. The number of aliphatic hydroxyl groups is 1. The molecule has 0 aromatic heterocycles. The van der Waals surface area contributed by atoms with Crippen LogP contribution in [0.25, 0.3) is 0 Å². The van der Waals surface area contributed by atoms with E-state index >= 15 is 0 Å². The summed E-state index contributed by atoms with van der Waals surface area (Å²) in [6.45, 7) is 5.10. The molecule has 1 fully saturated rings. The van der Waals surface area contributed by atoms with Gasteiger partial charge in [-0.1, -0.05) is 0 Å². The average molecular weight is 451 g/mol. The highest BCUT2D eigenvalue weighted by molar-refractivity contribution is 5.89. The Hall–Kier alpha value is -2.85. The van der Waals surface area contributed by atoms with Crippen molar-refractivity contribution in [2.45, 2.75) is 51.3 Å². The van der Waals surface area contributed by atoms with Crippen LogP contribution in [-0.2, 0) is 14.4 Å². The van der Waals surface area contributed by atoms with E-state index in [4.69, 9.17) is 9.84 Å². The number of aliphatic hydroxyl groups excluding tert-OH is 1. The first-order chi connectivity index (χ1) is 15.3. The number of anilines is 1. The van der Waals surface area contributed by atoms with Gasteiger partial charge in [0.15, 0.2) is 6.17 Å². The lowest BCUT2D eigenvalue weighted by molar-refractivity contribution is -0.137. The standard InChI is InChI=1S/C22H34N4O6/c1-16(27)15-19(28)25-21(22(31)23-10-13-26-11-2-3-12-26)24-17-6-8-18(9-7-17)32-14-4-5-20(29)30/h6-9,16,21,24,27H,2-5,10-15H2,1H3,(H,23,31)(H,25,28)(H,29,30). The largest absolute Gasteiger partial charge is 0.494 e. The van der Waals surface area contributed by atoms with Gasteiger partial charge in [-0.2, -0.15) is 0 Å². The van der Waals surface area contributed by atoms with E-state index in [-0.39, 0.29) is 25.4 Å². The minimum atomic E-state index is -0.998. The lowest BCUT2D eigenvalue weighted by atomic mass is 10.2. The van der Waals surface area contributed by atoms with Crippen LogP contribution in [0.5, 0.6) is 5.75 Å². The van der Waals surface area contributed by atoms with Gasteiger partial charge in [0.1, 0.15) is 5.75 Å². The number of carboxylic acids is 1. The van der Waals surface area contributed by atoms with Crippen molar-refractivity contribution in [2.24, 2.45) is 0 Å². The van der Waals surface area contributed by atoms with E-state index < -0.39 is 24.1 Å². The van der Waals surface area contributed by atoms with Gasteiger partial charge < -0.3 is 35.8 Å². The number of nitrogens with zero attached hydrogens (tertiary/aromatic N) is 1. The van der Waals surface area contributed by atoms with Gasteiger partial charge in [0.2, 0.25) is 5.91 Å². The molecular formula is C22H34N4O6. The normalized spacial score (nSPS) is 15.6. The summed E-state index contributed by atoms with van der Waals surface area (Å²) >= 11 is 0. The molecule has 1 aliphatic rings. The van der Waals surface area contributed by atoms with Crippen molar-refractivity contribution >= 4 is 23.5 Å². The molecule has 1 aromatic rings. The molecule has 1 heterocycles. The first-order valence-corrected chi connectivity index (χ1v) is 11.0. The number of carbonyl (C=O) groups is 3. The van der Waals surface area contributed by atoms with E-state index in [0.29, 0.717) is 24.4 Å². The number of nitrogens with one attached hydrogen (secondary N) is 3. The zero-order chi connectivity index (χ0) is 23.3. The van der Waals surface area contributed by atoms with E-state index in [2.05, 4.69) is 20.9 Å². The Morgan fingerprint density at radius 2 is 1.84 bits per heavy atom. The number of rotatable bonds is 14. The van der Waals surface area contributed by atoms with Crippen molar-refractivity contribution < 1.29 is 29.3 Å². The molecule has 1 saturated heterocycles. The Bertz CT molecular complexity index is 734. The van der Waals surface area contributed by atoms with Crippen LogP contribution in [0.15, 0.2) is 24.3 Å². The molecule has 5 N–H and O–H groups in total. The molecule has 2 atom stereocenters. The molecule has 2 unspecified atom stereocenters. The zero-order valence-electron chi connectivity index (χ0n) is 18.5. The summed E-state index contributed by atoms with van der Waals surface area (Å²) < 4.78 is 5.50. The third-order valence-electron chi connectivity index (χ3n) is 4.94. The fourth-order valence-corrected chi connectivity index (χ4v) is 3.33. The lowest BCUT2D eigenvalue weighted by Crippen LogP contribution is -2.52. The van der Waals surface area contributed by atoms with Crippen LogP contribution in [-0.4, -0.2) is 78.0 Å². The highest BCUT2D eigenvalue weighted by atomic mass is 16.5. The molecular weight excluding hydrogens is 416 g/mol. The molecule has 178 valence electrons. The van der Waals surface area contributed by atoms with Crippen molar-refractivity contribution in [2.75, 3.05) is 38.1 Å². The summed E-state index contributed by atoms with van der Waals surface area (Å²) in [6.07, 6.45) is 0.876. The summed E-state index contributed by atoms with van der Waals surface area (Å²) in [5, 5.41) is 26.6. The third-order valence-corrected chi connectivity index (χ3v) is 4.94. The number of aliphatic carboxylic acids is 1. The number of carbonyl (C=O) groups excluding carboxylic acids is 2. The Morgan fingerprint density at radius 3 is 2.47 bits per heavy atom. The smallest absolute Gasteiger partial charge is 0.303 e. The van der Waals surface area contributed by atoms with Crippen LogP contribution in [0.3, 0.4) is 0 Å². The predicted molar refractivity (Wildman–Crippen MR) is 119 cm³/mol. The van der Waals surface area contributed by atoms with E-state index in [9.17, 15) is 19.5 Å². The lowest BCUT2D eigenvalue weighted by Gasteiger charge is -2.22. The Balaban J connectivity index is 1.89. The highest BCUT2D eigenvalue weighted by Crippen LogP contribution is 2.16. The predicted octanol–water partition coefficient (Wildman–Crippen LogP) is 0.767. The van der Waals surface area contributed by atoms with E-state index in [1.54, 1.807) is 24.3 Å². The average Bonchev–Trinajstić information content (AvgIpc) is 3.24. The van der Waals surface area contributed by atoms with Crippen molar-refractivity contribution in [3.8, 4) is 5.75 Å². The van der Waals surface area contributed by atoms with Gasteiger partial charge in [0.05, 0.1) is 19.1 Å². The molecule has 2 rings (SSSR count). The van der Waals surface area contributed by atoms with Gasteiger partial charge >= 0.3 is 5.97 Å². The van der Waals surface area contributed by atoms with Crippen molar-refractivity contribution in [1.29, 1.82) is 0 Å². The van der Waals surface area contributed by atoms with Gasteiger partial charge in [0.25, 0.3) is 5.91 Å². The molecule has 2 amide bonds. The van der Waals surface area contributed by atoms with Crippen LogP contribution in [0, 0.1) is 0 Å². The topological polar surface area (TPSA) is 140 Å². The van der Waals surface area contributed by atoms with E-state index in [1.807, 2.05) is 0 Å². The number of hydrogen-bond donors (Lipinski definition) is 5. The van der Waals surface area contributed by atoms with Crippen LogP contribution >= 0.6 is 0 Å². The fourth-order valence-electron chi connectivity index (χ4n) is 3.33. The Morgan fingerprint density at radius 1 is 1.16 bits per heavy atom. The molecule has 32 heavy (non-hydrogen) atoms. The van der Waals surface area contributed by atoms with Gasteiger partial charge in [-0.3, -0.25) is 14.4 Å². The number of amides is 2. The molecule has 10 heteroatoms. The minimum Gasteiger partial charge on any atom is -0.494 e. The maximum absolute atomic E-state index is 12.7. The van der Waals surface area contributed by atoms with Crippen LogP contribution in [0.2, 0.25) is 0 Å². The number of likely N-dealkylation sites (tertiary alicyclic amines) is 1. The number of benzene rings is 1. The van der Waals surface area contributed by atoms with Crippen LogP contribution in [0.4, 0.5) is 5.69 Å². The Kier molecular flexibility index (Phi) is 10.8. The molecule has 0 spiro atoms. The monoisotopic (exact) mass is 450 g/mol. The second-order valence-electron chi connectivity index (χ2n) is 7.91. The van der Waals surface area contributed by atoms with Gasteiger partial charge in [-0.25, -0.2) is 0 Å². The van der Waals surface area contributed by atoms with E-state index in [0.717, 1.165) is 19.6 Å². The molecule has 10 nitrogen and oxygen atoms in total. The molecule has 0 radical (unpaired) electrons. The van der Waals surface area contributed by atoms with Gasteiger partial charge in [0, 0.05) is 25.2 Å². The third kappa shape index (κ3) is 9.97.